The number of hydrogen-bond acceptors (Lipinski definition) is 14. The fourth-order valence-corrected chi connectivity index (χ4v) is 7.29. The summed E-state index contributed by atoms with van der Waals surface area (Å²) in [5, 5.41) is 24.4. The molecule has 64 heavy (non-hydrogen) atoms. The van der Waals surface area contributed by atoms with Crippen LogP contribution in [0.25, 0.3) is 17.3 Å². The number of benzene rings is 3. The Balaban J connectivity index is 1.40. The van der Waals surface area contributed by atoms with E-state index in [9.17, 15) is 29.8 Å². The summed E-state index contributed by atoms with van der Waals surface area (Å²) in [6.45, 7) is 3.60. The molecule has 344 valence electrons. The van der Waals surface area contributed by atoms with Gasteiger partial charge in [-0.3, -0.25) is 4.68 Å². The van der Waals surface area contributed by atoms with Gasteiger partial charge in [-0.1, -0.05) is 56.0 Å². The standard InChI is InChI=1S/C46H55ClN4O13/c1-3-4-20-49-44(40-18-17-38(47)30-43(40)62-32-34-15-9-10-16-39(34)46(53)61-22-12-6-8-14-24-64-51(56)57)37(31-48-49)27-36(45(52)60-21-11-5-7-13-23-63-50(54)55)26-35-29-42-33(19-25-59-42)28-41(35)58-2/h9-10,15-18,27-31H,3-8,11-14,19-26,32H2,1-2H3/b36-27+. The zero-order valence-electron chi connectivity index (χ0n) is 36.3. The monoisotopic (exact) mass is 906 g/mol. The normalized spacial score (nSPS) is 12.0. The molecule has 1 aliphatic heterocycles. The van der Waals surface area contributed by atoms with Gasteiger partial charge in [0.1, 0.15) is 23.9 Å². The molecule has 17 nitrogen and oxygen atoms in total. The molecule has 2 heterocycles. The van der Waals surface area contributed by atoms with Crippen molar-refractivity contribution in [3.05, 3.63) is 119 Å². The number of esters is 2. The van der Waals surface area contributed by atoms with Crippen molar-refractivity contribution in [2.75, 3.05) is 40.1 Å². The quantitative estimate of drug-likeness (QED) is 0.0164. The molecule has 1 aliphatic rings. The molecule has 0 saturated heterocycles. The van der Waals surface area contributed by atoms with Crippen molar-refractivity contribution in [3.8, 4) is 28.5 Å². The van der Waals surface area contributed by atoms with Crippen molar-refractivity contribution in [1.82, 2.24) is 9.78 Å². The Labute approximate surface area is 376 Å². The van der Waals surface area contributed by atoms with Crippen LogP contribution < -0.4 is 14.2 Å². The Bertz CT molecular complexity index is 2230. The van der Waals surface area contributed by atoms with Crippen LogP contribution in [0.15, 0.2) is 66.4 Å². The highest BCUT2D eigenvalue weighted by atomic mass is 35.5. The molecule has 5 rings (SSSR count). The lowest BCUT2D eigenvalue weighted by Gasteiger charge is -2.17. The second-order valence-corrected chi connectivity index (χ2v) is 15.5. The van der Waals surface area contributed by atoms with Crippen molar-refractivity contribution in [2.45, 2.75) is 97.1 Å². The van der Waals surface area contributed by atoms with E-state index in [0.717, 1.165) is 42.6 Å². The number of ether oxygens (including phenoxy) is 5. The zero-order chi connectivity index (χ0) is 45.7. The smallest absolute Gasteiger partial charge is 0.338 e. The number of aromatic nitrogens is 2. The summed E-state index contributed by atoms with van der Waals surface area (Å²) in [6.07, 6.45) is 11.1. The molecule has 0 atom stereocenters. The molecule has 4 aromatic rings. The number of carbonyl (C=O) groups is 2. The first-order valence-electron chi connectivity index (χ1n) is 21.6. The summed E-state index contributed by atoms with van der Waals surface area (Å²) in [4.78, 5) is 56.8. The van der Waals surface area contributed by atoms with E-state index in [1.807, 2.05) is 22.9 Å². The average molecular weight is 907 g/mol. The van der Waals surface area contributed by atoms with Crippen molar-refractivity contribution in [2.24, 2.45) is 0 Å². The third kappa shape index (κ3) is 14.9. The number of rotatable bonds is 29. The van der Waals surface area contributed by atoms with E-state index in [1.54, 1.807) is 55.8 Å². The molecular formula is C46H55ClN4O13. The molecule has 0 radical (unpaired) electrons. The van der Waals surface area contributed by atoms with Gasteiger partial charge in [-0.15, -0.1) is 20.2 Å². The van der Waals surface area contributed by atoms with Crippen LogP contribution in [0.3, 0.4) is 0 Å². The first-order valence-corrected chi connectivity index (χ1v) is 21.9. The van der Waals surface area contributed by atoms with E-state index in [1.165, 1.54) is 0 Å². The first-order chi connectivity index (χ1) is 31.1. The van der Waals surface area contributed by atoms with Crippen LogP contribution in [0.2, 0.25) is 5.02 Å². The van der Waals surface area contributed by atoms with Gasteiger partial charge in [0.25, 0.3) is 10.2 Å². The number of unbranched alkanes of at least 4 members (excludes halogenated alkanes) is 7. The van der Waals surface area contributed by atoms with Gasteiger partial charge >= 0.3 is 11.9 Å². The van der Waals surface area contributed by atoms with Crippen LogP contribution in [-0.4, -0.2) is 72.0 Å². The minimum atomic E-state index is -0.811. The summed E-state index contributed by atoms with van der Waals surface area (Å²) in [5.41, 5.74) is 5.03. The largest absolute Gasteiger partial charge is 0.496 e. The van der Waals surface area contributed by atoms with Gasteiger partial charge in [-0.05, 0) is 87.4 Å². The van der Waals surface area contributed by atoms with Gasteiger partial charge in [0.2, 0.25) is 0 Å². The molecule has 0 bridgehead atoms. The maximum atomic E-state index is 14.0. The van der Waals surface area contributed by atoms with Gasteiger partial charge < -0.3 is 33.4 Å². The third-order valence-electron chi connectivity index (χ3n) is 10.4. The molecule has 18 heteroatoms. The number of aryl methyl sites for hydroxylation is 1. The molecule has 0 fully saturated rings. The van der Waals surface area contributed by atoms with Crippen molar-refractivity contribution >= 4 is 29.6 Å². The van der Waals surface area contributed by atoms with Crippen LogP contribution >= 0.6 is 11.6 Å². The van der Waals surface area contributed by atoms with Crippen LogP contribution in [0.5, 0.6) is 17.2 Å². The number of fused-ring (bicyclic) bond motifs is 1. The maximum Gasteiger partial charge on any atom is 0.338 e. The molecule has 0 unspecified atom stereocenters. The van der Waals surface area contributed by atoms with E-state index in [-0.39, 0.29) is 39.5 Å². The number of carbonyl (C=O) groups excluding carboxylic acids is 2. The summed E-state index contributed by atoms with van der Waals surface area (Å²) < 4.78 is 31.4. The topological polar surface area (TPSA) is 203 Å². The Morgan fingerprint density at radius 1 is 0.844 bits per heavy atom. The number of halogens is 1. The van der Waals surface area contributed by atoms with Crippen molar-refractivity contribution in [1.29, 1.82) is 0 Å². The SMILES string of the molecule is CCCCn1ncc(/C=C(\Cc2cc3c(cc2OC)CCO3)C(=O)OCCCCCCO[N+](=O)[O-])c1-c1ccc(Cl)cc1OCc1ccccc1C(=O)OCCCCCCO[N+](=O)[O-]. The molecule has 0 amide bonds. The van der Waals surface area contributed by atoms with Crippen molar-refractivity contribution in [3.63, 3.8) is 0 Å². The van der Waals surface area contributed by atoms with Gasteiger partial charge in [0.05, 0.1) is 57.6 Å². The van der Waals surface area contributed by atoms with Gasteiger partial charge in [0, 0.05) is 57.8 Å². The zero-order valence-corrected chi connectivity index (χ0v) is 37.0. The highest BCUT2D eigenvalue weighted by Crippen LogP contribution is 2.38. The number of methoxy groups -OCH3 is 1. The predicted octanol–water partition coefficient (Wildman–Crippen LogP) is 9.39. The molecule has 1 aromatic heterocycles. The van der Waals surface area contributed by atoms with Crippen LogP contribution in [0, 0.1) is 20.2 Å². The second kappa shape index (κ2) is 25.7. The minimum Gasteiger partial charge on any atom is -0.496 e. The van der Waals surface area contributed by atoms with E-state index < -0.39 is 22.1 Å². The highest BCUT2D eigenvalue weighted by Gasteiger charge is 2.23. The van der Waals surface area contributed by atoms with Crippen LogP contribution in [0.4, 0.5) is 0 Å². The summed E-state index contributed by atoms with van der Waals surface area (Å²) in [5.74, 6) is 0.765. The molecular weight excluding hydrogens is 852 g/mol. The first kappa shape index (κ1) is 48.7. The van der Waals surface area contributed by atoms with Crippen molar-refractivity contribution < 1.29 is 53.1 Å². The van der Waals surface area contributed by atoms with E-state index in [0.29, 0.717) is 108 Å². The van der Waals surface area contributed by atoms with E-state index in [2.05, 4.69) is 16.6 Å². The maximum absolute atomic E-state index is 14.0. The van der Waals surface area contributed by atoms with E-state index >= 15 is 0 Å². The lowest BCUT2D eigenvalue weighted by atomic mass is 9.98. The Morgan fingerprint density at radius 2 is 1.53 bits per heavy atom. The van der Waals surface area contributed by atoms with Gasteiger partial charge in [-0.2, -0.15) is 5.10 Å². The summed E-state index contributed by atoms with van der Waals surface area (Å²) >= 11 is 6.58. The lowest BCUT2D eigenvalue weighted by Crippen LogP contribution is -2.12. The van der Waals surface area contributed by atoms with E-state index in [4.69, 9.17) is 40.4 Å². The molecule has 3 aromatic carbocycles. The average Bonchev–Trinajstić information content (AvgIpc) is 3.92. The Kier molecular flexibility index (Phi) is 19.5. The second-order valence-electron chi connectivity index (χ2n) is 15.0. The van der Waals surface area contributed by atoms with Gasteiger partial charge in [-0.25, -0.2) is 9.59 Å². The molecule has 0 spiro atoms. The van der Waals surface area contributed by atoms with Crippen LogP contribution in [0.1, 0.15) is 104 Å². The Morgan fingerprint density at radius 3 is 2.22 bits per heavy atom. The molecule has 0 saturated carbocycles. The molecule has 0 aliphatic carbocycles. The summed E-state index contributed by atoms with van der Waals surface area (Å²) in [7, 11) is 1.59. The number of hydrogen-bond donors (Lipinski definition) is 0. The third-order valence-corrected chi connectivity index (χ3v) is 10.6. The van der Waals surface area contributed by atoms with Gasteiger partial charge in [0.15, 0.2) is 0 Å². The van der Waals surface area contributed by atoms with Crippen LogP contribution in [-0.2, 0) is 49.9 Å². The molecule has 0 N–H and O–H groups in total. The number of nitrogens with zero attached hydrogens (tertiary/aromatic N) is 4. The Hall–Kier alpha value is -6.36. The minimum absolute atomic E-state index is 0.00383. The summed E-state index contributed by atoms with van der Waals surface area (Å²) in [6, 6.07) is 16.2. The highest BCUT2D eigenvalue weighted by molar-refractivity contribution is 6.30. The fraction of sp³-hybridized carbons (Fsp3) is 0.457. The lowest BCUT2D eigenvalue weighted by molar-refractivity contribution is -0.757. The fourth-order valence-electron chi connectivity index (χ4n) is 7.13. The predicted molar refractivity (Wildman–Crippen MR) is 236 cm³/mol.